The lowest BCUT2D eigenvalue weighted by atomic mass is 10.2. The van der Waals surface area contributed by atoms with Crippen molar-refractivity contribution in [2.75, 3.05) is 5.73 Å². The van der Waals surface area contributed by atoms with Crippen LogP contribution in [-0.2, 0) is 0 Å². The molecule has 0 spiro atoms. The van der Waals surface area contributed by atoms with E-state index in [4.69, 9.17) is 5.73 Å². The predicted molar refractivity (Wildman–Crippen MR) is 53.9 cm³/mol. The zero-order valence-corrected chi connectivity index (χ0v) is 8.38. The van der Waals surface area contributed by atoms with Gasteiger partial charge in [-0.1, -0.05) is 6.07 Å². The first-order valence-electron chi connectivity index (χ1n) is 3.31. The number of nitrogen functional groups attached to an aromatic ring is 1. The predicted octanol–water partition coefficient (Wildman–Crippen LogP) is 3.39. The zero-order valence-electron chi connectivity index (χ0n) is 5.97. The Morgan fingerprint density at radius 2 is 2.17 bits per heavy atom. The van der Waals surface area contributed by atoms with Crippen LogP contribution < -0.4 is 5.73 Å². The molecule has 0 aliphatic rings. The fraction of sp³-hybridized carbons (Fsp3) is 0. The van der Waals surface area contributed by atoms with Gasteiger partial charge >= 0.3 is 0 Å². The number of thiophene rings is 1. The van der Waals surface area contributed by atoms with Gasteiger partial charge in [-0.3, -0.25) is 0 Å². The molecule has 0 unspecified atom stereocenters. The van der Waals surface area contributed by atoms with E-state index in [2.05, 4.69) is 15.9 Å². The summed E-state index contributed by atoms with van der Waals surface area (Å²) in [5.41, 5.74) is 5.62. The molecule has 62 valence electrons. The van der Waals surface area contributed by atoms with E-state index in [-0.39, 0.29) is 11.5 Å². The van der Waals surface area contributed by atoms with Gasteiger partial charge in [0.1, 0.15) is 0 Å². The summed E-state index contributed by atoms with van der Waals surface area (Å²) in [5.74, 6) is -0.316. The molecule has 1 heterocycles. The van der Waals surface area contributed by atoms with Gasteiger partial charge in [0.25, 0.3) is 0 Å². The van der Waals surface area contributed by atoms with Crippen molar-refractivity contribution in [1.82, 2.24) is 0 Å². The second-order valence-electron chi connectivity index (χ2n) is 2.43. The number of hydrogen-bond acceptors (Lipinski definition) is 2. The number of rotatable bonds is 0. The Labute approximate surface area is 81.1 Å². The molecule has 0 fully saturated rings. The molecule has 12 heavy (non-hydrogen) atoms. The van der Waals surface area contributed by atoms with Gasteiger partial charge in [-0.15, -0.1) is 11.3 Å². The normalized spacial score (nSPS) is 10.8. The molecule has 1 aromatic heterocycles. The fourth-order valence-corrected chi connectivity index (χ4v) is 2.67. The summed E-state index contributed by atoms with van der Waals surface area (Å²) in [5, 5.41) is 2.74. The van der Waals surface area contributed by atoms with Gasteiger partial charge in [-0.05, 0) is 22.0 Å². The minimum Gasteiger partial charge on any atom is -0.396 e. The van der Waals surface area contributed by atoms with Crippen LogP contribution in [0.3, 0.4) is 0 Å². The smallest absolute Gasteiger partial charge is 0.163 e. The molecule has 2 N–H and O–H groups in total. The third kappa shape index (κ3) is 1.03. The third-order valence-corrected chi connectivity index (χ3v) is 3.61. The summed E-state index contributed by atoms with van der Waals surface area (Å²) in [6.07, 6.45) is 0. The number of hydrogen-bond donors (Lipinski definition) is 1. The third-order valence-electron chi connectivity index (χ3n) is 1.66. The van der Waals surface area contributed by atoms with Crippen molar-refractivity contribution in [2.24, 2.45) is 0 Å². The highest BCUT2D eigenvalue weighted by molar-refractivity contribution is 9.10. The maximum Gasteiger partial charge on any atom is 0.163 e. The van der Waals surface area contributed by atoms with Gasteiger partial charge in [0.2, 0.25) is 0 Å². The van der Waals surface area contributed by atoms with Crippen LogP contribution in [0.15, 0.2) is 22.0 Å². The highest BCUT2D eigenvalue weighted by Crippen LogP contribution is 2.33. The average molecular weight is 246 g/mol. The van der Waals surface area contributed by atoms with Crippen molar-refractivity contribution < 1.29 is 4.39 Å². The first kappa shape index (κ1) is 8.01. The van der Waals surface area contributed by atoms with E-state index in [0.717, 1.165) is 9.86 Å². The van der Waals surface area contributed by atoms with Gasteiger partial charge in [-0.2, -0.15) is 0 Å². The summed E-state index contributed by atoms with van der Waals surface area (Å²) in [7, 11) is 0. The lowest BCUT2D eigenvalue weighted by molar-refractivity contribution is 0.646. The van der Waals surface area contributed by atoms with Gasteiger partial charge in [0, 0.05) is 15.2 Å². The van der Waals surface area contributed by atoms with Gasteiger partial charge in [0.15, 0.2) is 5.82 Å². The SMILES string of the molecule is Nc1ccc2c(Br)csc2c1F. The van der Waals surface area contributed by atoms with Crippen molar-refractivity contribution in [3.8, 4) is 0 Å². The Bertz CT molecular complexity index is 438. The number of anilines is 1. The van der Waals surface area contributed by atoms with E-state index in [9.17, 15) is 4.39 Å². The van der Waals surface area contributed by atoms with E-state index in [0.29, 0.717) is 4.70 Å². The van der Waals surface area contributed by atoms with Crippen LogP contribution in [0.2, 0.25) is 0 Å². The van der Waals surface area contributed by atoms with Crippen LogP contribution in [0.25, 0.3) is 10.1 Å². The second-order valence-corrected chi connectivity index (χ2v) is 4.16. The molecular weight excluding hydrogens is 241 g/mol. The van der Waals surface area contributed by atoms with E-state index < -0.39 is 0 Å². The maximum absolute atomic E-state index is 13.3. The quantitative estimate of drug-likeness (QED) is 0.708. The van der Waals surface area contributed by atoms with E-state index in [1.165, 1.54) is 11.3 Å². The van der Waals surface area contributed by atoms with Crippen molar-refractivity contribution in [1.29, 1.82) is 0 Å². The van der Waals surface area contributed by atoms with Crippen molar-refractivity contribution in [3.05, 3.63) is 27.8 Å². The van der Waals surface area contributed by atoms with E-state index in [1.807, 2.05) is 11.4 Å². The van der Waals surface area contributed by atoms with Crippen molar-refractivity contribution >= 4 is 43.0 Å². The van der Waals surface area contributed by atoms with Crippen LogP contribution in [0.4, 0.5) is 10.1 Å². The van der Waals surface area contributed by atoms with Gasteiger partial charge in [0.05, 0.1) is 10.4 Å². The topological polar surface area (TPSA) is 26.0 Å². The van der Waals surface area contributed by atoms with Crippen molar-refractivity contribution in [3.63, 3.8) is 0 Å². The van der Waals surface area contributed by atoms with Crippen LogP contribution >= 0.6 is 27.3 Å². The minimum atomic E-state index is -0.316. The van der Waals surface area contributed by atoms with E-state index >= 15 is 0 Å². The molecule has 1 nitrogen and oxygen atoms in total. The van der Waals surface area contributed by atoms with Crippen molar-refractivity contribution in [2.45, 2.75) is 0 Å². The Morgan fingerprint density at radius 3 is 2.92 bits per heavy atom. The molecule has 2 rings (SSSR count). The molecule has 4 heteroatoms. The molecule has 0 aliphatic heterocycles. The summed E-state index contributed by atoms with van der Waals surface area (Å²) in [4.78, 5) is 0. The Kier molecular flexibility index (Phi) is 1.81. The number of benzene rings is 1. The molecule has 0 atom stereocenters. The molecular formula is C8H5BrFNS. The van der Waals surface area contributed by atoms with Gasteiger partial charge in [-0.25, -0.2) is 4.39 Å². The Hall–Kier alpha value is -0.610. The molecule has 0 bridgehead atoms. The molecule has 1 aromatic carbocycles. The first-order valence-corrected chi connectivity index (χ1v) is 4.98. The van der Waals surface area contributed by atoms with Crippen LogP contribution in [-0.4, -0.2) is 0 Å². The first-order chi connectivity index (χ1) is 5.70. The van der Waals surface area contributed by atoms with Crippen LogP contribution in [0.5, 0.6) is 0 Å². The largest absolute Gasteiger partial charge is 0.396 e. The molecule has 0 radical (unpaired) electrons. The zero-order chi connectivity index (χ0) is 8.72. The Morgan fingerprint density at radius 1 is 1.42 bits per heavy atom. The Balaban J connectivity index is 2.93. The molecule has 0 saturated heterocycles. The second kappa shape index (κ2) is 2.71. The highest BCUT2D eigenvalue weighted by Gasteiger charge is 2.08. The lowest BCUT2D eigenvalue weighted by Gasteiger charge is -1.96. The summed E-state index contributed by atoms with van der Waals surface area (Å²) in [6, 6.07) is 3.39. The van der Waals surface area contributed by atoms with E-state index in [1.54, 1.807) is 6.07 Å². The maximum atomic E-state index is 13.3. The molecule has 0 saturated carbocycles. The lowest BCUT2D eigenvalue weighted by Crippen LogP contribution is -1.88. The fourth-order valence-electron chi connectivity index (χ4n) is 1.05. The number of nitrogens with two attached hydrogens (primary N) is 1. The summed E-state index contributed by atoms with van der Waals surface area (Å²) >= 11 is 4.68. The number of halogens is 2. The average Bonchev–Trinajstić information content (AvgIpc) is 2.41. The standard InChI is InChI=1S/C8H5BrFNS/c9-5-3-12-8-4(5)1-2-6(11)7(8)10/h1-3H,11H2. The monoisotopic (exact) mass is 245 g/mol. The van der Waals surface area contributed by atoms with Gasteiger partial charge < -0.3 is 5.73 Å². The number of fused-ring (bicyclic) bond motifs is 1. The molecule has 0 aliphatic carbocycles. The minimum absolute atomic E-state index is 0.205. The molecule has 2 aromatic rings. The van der Waals surface area contributed by atoms with Crippen LogP contribution in [0, 0.1) is 5.82 Å². The molecule has 0 amide bonds. The summed E-state index contributed by atoms with van der Waals surface area (Å²) < 4.78 is 14.8. The highest BCUT2D eigenvalue weighted by atomic mass is 79.9. The summed E-state index contributed by atoms with van der Waals surface area (Å²) in [6.45, 7) is 0. The van der Waals surface area contributed by atoms with Crippen LogP contribution in [0.1, 0.15) is 0 Å².